The van der Waals surface area contributed by atoms with Crippen molar-refractivity contribution in [3.05, 3.63) is 108 Å². The third-order valence-corrected chi connectivity index (χ3v) is 6.51. The summed E-state index contributed by atoms with van der Waals surface area (Å²) in [7, 11) is 1.59. The van der Waals surface area contributed by atoms with Crippen molar-refractivity contribution in [1.82, 2.24) is 9.88 Å². The maximum absolute atomic E-state index is 12.7. The second kappa shape index (κ2) is 10.00. The molecule has 5 rings (SSSR count). The van der Waals surface area contributed by atoms with Crippen LogP contribution >= 0.6 is 0 Å². The van der Waals surface area contributed by atoms with E-state index in [9.17, 15) is 14.7 Å². The average Bonchev–Trinajstić information content (AvgIpc) is 3.49. The van der Waals surface area contributed by atoms with Gasteiger partial charge < -0.3 is 24.5 Å². The van der Waals surface area contributed by atoms with Crippen LogP contribution < -0.4 is 10.1 Å². The fraction of sp³-hybridized carbons (Fsp3) is 0.172. The zero-order valence-corrected chi connectivity index (χ0v) is 19.8. The fourth-order valence-electron chi connectivity index (χ4n) is 4.79. The van der Waals surface area contributed by atoms with Crippen molar-refractivity contribution in [3.8, 4) is 22.6 Å². The number of carboxylic acids is 1. The predicted molar refractivity (Wildman–Crippen MR) is 136 cm³/mol. The average molecular weight is 483 g/mol. The molecule has 1 atom stereocenters. The van der Waals surface area contributed by atoms with Crippen LogP contribution in [-0.2, 0) is 16.0 Å². The van der Waals surface area contributed by atoms with Gasteiger partial charge in [0.2, 0.25) is 0 Å². The van der Waals surface area contributed by atoms with Crippen LogP contribution in [0.3, 0.4) is 0 Å². The summed E-state index contributed by atoms with van der Waals surface area (Å²) in [4.78, 5) is 24.7. The van der Waals surface area contributed by atoms with Gasteiger partial charge in [-0.2, -0.15) is 0 Å². The van der Waals surface area contributed by atoms with Crippen molar-refractivity contribution in [2.45, 2.75) is 18.4 Å². The number of rotatable bonds is 8. The Morgan fingerprint density at radius 1 is 0.944 bits per heavy atom. The van der Waals surface area contributed by atoms with Gasteiger partial charge in [-0.3, -0.25) is 0 Å². The summed E-state index contributed by atoms with van der Waals surface area (Å²) in [5, 5.41) is 12.3. The molecule has 2 N–H and O–H groups in total. The summed E-state index contributed by atoms with van der Waals surface area (Å²) < 4.78 is 12.7. The highest BCUT2D eigenvalue weighted by Gasteiger charge is 2.30. The number of carboxylic acid groups (broad SMARTS) is 1. The quantitative estimate of drug-likeness (QED) is 0.368. The third-order valence-electron chi connectivity index (χ3n) is 6.51. The van der Waals surface area contributed by atoms with E-state index in [1.807, 2.05) is 83.6 Å². The molecule has 0 spiro atoms. The molecule has 36 heavy (non-hydrogen) atoms. The normalized spacial score (nSPS) is 12.9. The summed E-state index contributed by atoms with van der Waals surface area (Å²) in [6.45, 7) is 0.117. The number of aromatic nitrogens is 1. The molecule has 0 bridgehead atoms. The van der Waals surface area contributed by atoms with Gasteiger partial charge in [0.15, 0.2) is 0 Å². The molecule has 1 amide bonds. The summed E-state index contributed by atoms with van der Waals surface area (Å²) in [5.74, 6) is -0.544. The lowest BCUT2D eigenvalue weighted by Gasteiger charge is -2.18. The van der Waals surface area contributed by atoms with Crippen LogP contribution in [0.1, 0.15) is 22.7 Å². The van der Waals surface area contributed by atoms with Crippen molar-refractivity contribution in [2.75, 3.05) is 13.7 Å². The van der Waals surface area contributed by atoms with Gasteiger partial charge in [0.05, 0.1) is 7.11 Å². The summed E-state index contributed by atoms with van der Waals surface area (Å²) in [6.07, 6.45) is 1.17. The molecular weight excluding hydrogens is 456 g/mol. The Morgan fingerprint density at radius 2 is 1.64 bits per heavy atom. The first kappa shape index (κ1) is 23.2. The molecule has 4 aromatic rings. The smallest absolute Gasteiger partial charge is 0.407 e. The highest BCUT2D eigenvalue weighted by Crippen LogP contribution is 2.44. The Hall–Kier alpha value is -4.52. The number of hydrogen-bond acceptors (Lipinski definition) is 4. The Labute approximate surface area is 208 Å². The van der Waals surface area contributed by atoms with Crippen molar-refractivity contribution >= 4 is 12.1 Å². The van der Waals surface area contributed by atoms with Crippen LogP contribution in [0.5, 0.6) is 5.75 Å². The van der Waals surface area contributed by atoms with E-state index in [1.54, 1.807) is 7.11 Å². The van der Waals surface area contributed by atoms with Crippen molar-refractivity contribution in [3.63, 3.8) is 0 Å². The minimum absolute atomic E-state index is 0.0870. The molecule has 0 radical (unpaired) electrons. The lowest BCUT2D eigenvalue weighted by Crippen LogP contribution is -2.43. The van der Waals surface area contributed by atoms with Crippen LogP contribution in [-0.4, -0.2) is 41.5 Å². The molecule has 1 aliphatic rings. The van der Waals surface area contributed by atoms with Gasteiger partial charge in [0.25, 0.3) is 0 Å². The van der Waals surface area contributed by atoms with E-state index >= 15 is 0 Å². The number of alkyl carbamates (subject to hydrolysis) is 1. The van der Waals surface area contributed by atoms with Crippen molar-refractivity contribution in [1.29, 1.82) is 0 Å². The van der Waals surface area contributed by atoms with E-state index in [2.05, 4.69) is 17.4 Å². The zero-order valence-electron chi connectivity index (χ0n) is 19.8. The molecule has 0 fully saturated rings. The first-order valence-electron chi connectivity index (χ1n) is 11.7. The topological polar surface area (TPSA) is 89.8 Å². The summed E-state index contributed by atoms with van der Waals surface area (Å²) in [5.41, 5.74) is 6.01. The zero-order chi connectivity index (χ0) is 25.1. The maximum atomic E-state index is 12.7. The molecule has 1 unspecified atom stereocenters. The van der Waals surface area contributed by atoms with Crippen LogP contribution in [0.25, 0.3) is 16.8 Å². The Bertz CT molecular complexity index is 1360. The second-order valence-corrected chi connectivity index (χ2v) is 8.64. The largest absolute Gasteiger partial charge is 0.497 e. The lowest BCUT2D eigenvalue weighted by atomic mass is 9.98. The van der Waals surface area contributed by atoms with Gasteiger partial charge in [-0.15, -0.1) is 0 Å². The van der Waals surface area contributed by atoms with Gasteiger partial charge in [-0.1, -0.05) is 54.6 Å². The van der Waals surface area contributed by atoms with E-state index in [4.69, 9.17) is 9.47 Å². The van der Waals surface area contributed by atoms with Crippen LogP contribution in [0.4, 0.5) is 4.79 Å². The van der Waals surface area contributed by atoms with Crippen LogP contribution in [0.2, 0.25) is 0 Å². The van der Waals surface area contributed by atoms with Gasteiger partial charge in [-0.05, 0) is 46.5 Å². The number of fused-ring (bicyclic) bond motifs is 3. The highest BCUT2D eigenvalue weighted by atomic mass is 16.5. The van der Waals surface area contributed by atoms with E-state index in [-0.39, 0.29) is 18.9 Å². The summed E-state index contributed by atoms with van der Waals surface area (Å²) >= 11 is 0. The number of carbonyl (C=O) groups excluding carboxylic acids is 1. The molecule has 3 aromatic carbocycles. The van der Waals surface area contributed by atoms with Gasteiger partial charge in [0.1, 0.15) is 18.4 Å². The molecule has 0 saturated heterocycles. The van der Waals surface area contributed by atoms with E-state index in [0.29, 0.717) is 5.75 Å². The summed E-state index contributed by atoms with van der Waals surface area (Å²) in [6, 6.07) is 26.1. The lowest BCUT2D eigenvalue weighted by molar-refractivity contribution is -0.139. The van der Waals surface area contributed by atoms with Gasteiger partial charge in [-0.25, -0.2) is 9.59 Å². The molecule has 0 saturated carbocycles. The second-order valence-electron chi connectivity index (χ2n) is 8.64. The number of hydrogen-bond donors (Lipinski definition) is 2. The molecule has 7 nitrogen and oxygen atoms in total. The van der Waals surface area contributed by atoms with E-state index in [0.717, 1.165) is 33.6 Å². The monoisotopic (exact) mass is 482 g/mol. The Balaban J connectivity index is 1.27. The van der Waals surface area contributed by atoms with Crippen LogP contribution in [0, 0.1) is 0 Å². The van der Waals surface area contributed by atoms with Crippen molar-refractivity contribution < 1.29 is 24.2 Å². The first-order chi connectivity index (χ1) is 17.5. The highest BCUT2D eigenvalue weighted by molar-refractivity contribution is 5.81. The fourth-order valence-corrected chi connectivity index (χ4v) is 4.79. The number of amides is 1. The standard InChI is InChI=1S/C29H26N2O5/c1-35-21-10-6-8-19(16-21)31-15-7-9-20(31)17-27(28(32)33)30-29(34)36-18-26-24-13-4-2-11-22(24)23-12-3-5-14-25(23)26/h2-16,26-27H,17-18H2,1H3,(H,30,34)(H,32,33). The number of nitrogens with one attached hydrogen (secondary N) is 1. The molecule has 1 aliphatic carbocycles. The Kier molecular flexibility index (Phi) is 6.45. The minimum atomic E-state index is -1.15. The molecule has 7 heteroatoms. The number of nitrogens with zero attached hydrogens (tertiary/aromatic N) is 1. The molecule has 1 aromatic heterocycles. The molecule has 0 aliphatic heterocycles. The molecular formula is C29H26N2O5. The minimum Gasteiger partial charge on any atom is -0.497 e. The molecule has 1 heterocycles. The number of ether oxygens (including phenoxy) is 2. The van der Waals surface area contributed by atoms with Crippen LogP contribution in [0.15, 0.2) is 91.1 Å². The van der Waals surface area contributed by atoms with Crippen molar-refractivity contribution in [2.24, 2.45) is 0 Å². The SMILES string of the molecule is COc1cccc(-n2cccc2CC(NC(=O)OCC2c3ccccc3-c3ccccc32)C(=O)O)c1. The number of benzene rings is 3. The first-order valence-corrected chi connectivity index (χ1v) is 11.7. The third kappa shape index (κ3) is 4.55. The maximum Gasteiger partial charge on any atom is 0.407 e. The van der Waals surface area contributed by atoms with E-state index in [1.165, 1.54) is 0 Å². The van der Waals surface area contributed by atoms with Gasteiger partial charge in [0, 0.05) is 36.0 Å². The Morgan fingerprint density at radius 3 is 2.31 bits per heavy atom. The van der Waals surface area contributed by atoms with Gasteiger partial charge >= 0.3 is 12.1 Å². The number of carbonyl (C=O) groups is 2. The van der Waals surface area contributed by atoms with E-state index < -0.39 is 18.1 Å². The molecule has 182 valence electrons. The number of aliphatic carboxylic acids is 1. The number of methoxy groups -OCH3 is 1. The predicted octanol–water partition coefficient (Wildman–Crippen LogP) is 5.02.